The number of hydrogen-bond acceptors (Lipinski definition) is 5. The summed E-state index contributed by atoms with van der Waals surface area (Å²) in [6.45, 7) is -2.99. The maximum atomic E-state index is 12.9. The third-order valence-electron chi connectivity index (χ3n) is 3.28. The normalized spacial score (nSPS) is 12.0. The van der Waals surface area contributed by atoms with Crippen LogP contribution in [0.25, 0.3) is 10.2 Å². The number of anilines is 1. The first-order valence-electron chi connectivity index (χ1n) is 7.02. The van der Waals surface area contributed by atoms with E-state index in [1.54, 1.807) is 0 Å². The van der Waals surface area contributed by atoms with Crippen LogP contribution in [0.15, 0.2) is 22.7 Å². The lowest BCUT2D eigenvalue weighted by molar-refractivity contribution is -0.142. The molecule has 0 aliphatic rings. The molecule has 0 saturated heterocycles. The van der Waals surface area contributed by atoms with Crippen LogP contribution >= 0.6 is 27.3 Å². The van der Waals surface area contributed by atoms with Gasteiger partial charge in [0.2, 0.25) is 0 Å². The second kappa shape index (κ2) is 7.03. The first-order chi connectivity index (χ1) is 12.6. The molecular weight excluding hydrogens is 463 g/mol. The highest BCUT2D eigenvalue weighted by Gasteiger charge is 2.39. The molecule has 0 saturated carbocycles. The van der Waals surface area contributed by atoms with Crippen LogP contribution in [0.4, 0.5) is 27.1 Å². The molecule has 1 N–H and O–H groups in total. The summed E-state index contributed by atoms with van der Waals surface area (Å²) in [4.78, 5) is 16.4. The summed E-state index contributed by atoms with van der Waals surface area (Å²) in [6, 6.07) is 4.02. The van der Waals surface area contributed by atoms with Crippen LogP contribution in [0, 0.1) is 0 Å². The maximum Gasteiger partial charge on any atom is 0.436 e. The number of ether oxygens (including phenoxy) is 1. The molecule has 27 heavy (non-hydrogen) atoms. The number of aromatic nitrogens is 3. The van der Waals surface area contributed by atoms with Gasteiger partial charge in [-0.25, -0.2) is 4.98 Å². The van der Waals surface area contributed by atoms with Crippen molar-refractivity contribution in [2.45, 2.75) is 12.8 Å². The quantitative estimate of drug-likeness (QED) is 0.562. The molecule has 2 heterocycles. The van der Waals surface area contributed by atoms with Gasteiger partial charge in [0.25, 0.3) is 5.91 Å². The summed E-state index contributed by atoms with van der Waals surface area (Å²) >= 11 is 3.70. The molecule has 1 aromatic carbocycles. The molecular formula is C14H8BrF5N4O2S. The smallest absolute Gasteiger partial charge is 0.435 e. The second-order valence-corrected chi connectivity index (χ2v) is 6.94. The molecule has 2 aromatic heterocycles. The van der Waals surface area contributed by atoms with Gasteiger partial charge < -0.3 is 4.74 Å². The number of aryl methyl sites for hydroxylation is 1. The molecule has 3 aromatic rings. The average Bonchev–Trinajstić information content (AvgIpc) is 3.05. The monoisotopic (exact) mass is 470 g/mol. The van der Waals surface area contributed by atoms with Gasteiger partial charge in [0.1, 0.15) is 11.4 Å². The van der Waals surface area contributed by atoms with E-state index in [1.807, 2.05) is 0 Å². The molecule has 1 amide bonds. The molecule has 0 spiro atoms. The minimum absolute atomic E-state index is 0.0749. The minimum atomic E-state index is -4.73. The van der Waals surface area contributed by atoms with Crippen molar-refractivity contribution < 1.29 is 31.5 Å². The number of alkyl halides is 5. The van der Waals surface area contributed by atoms with Crippen LogP contribution in [-0.4, -0.2) is 27.3 Å². The van der Waals surface area contributed by atoms with Crippen LogP contribution in [-0.2, 0) is 13.2 Å². The molecule has 0 radical (unpaired) electrons. The highest BCUT2D eigenvalue weighted by molar-refractivity contribution is 9.10. The van der Waals surface area contributed by atoms with E-state index in [-0.39, 0.29) is 16.6 Å². The van der Waals surface area contributed by atoms with Crippen molar-refractivity contribution in [3.05, 3.63) is 34.1 Å². The number of nitrogens with zero attached hydrogens (tertiary/aromatic N) is 3. The van der Waals surface area contributed by atoms with Crippen LogP contribution in [0.3, 0.4) is 0 Å². The van der Waals surface area contributed by atoms with Gasteiger partial charge in [0, 0.05) is 7.05 Å². The van der Waals surface area contributed by atoms with Crippen molar-refractivity contribution in [2.24, 2.45) is 7.05 Å². The molecule has 0 unspecified atom stereocenters. The number of thiazole rings is 1. The van der Waals surface area contributed by atoms with Crippen molar-refractivity contribution in [3.8, 4) is 5.75 Å². The van der Waals surface area contributed by atoms with Crippen LogP contribution in [0.5, 0.6) is 5.75 Å². The first kappa shape index (κ1) is 19.5. The SMILES string of the molecule is Cn1nc(C(F)(F)F)c(Br)c1C(=O)Nc1nc2ccc(OC(F)F)cc2s1. The number of fused-ring (bicyclic) bond motifs is 1. The molecule has 144 valence electrons. The summed E-state index contributed by atoms with van der Waals surface area (Å²) in [6.07, 6.45) is -4.73. The largest absolute Gasteiger partial charge is 0.436 e. The van der Waals surface area contributed by atoms with Crippen LogP contribution in [0.1, 0.15) is 16.2 Å². The van der Waals surface area contributed by atoms with Crippen molar-refractivity contribution >= 4 is 48.5 Å². The summed E-state index contributed by atoms with van der Waals surface area (Å²) in [5, 5.41) is 5.76. The number of amides is 1. The number of benzene rings is 1. The van der Waals surface area contributed by atoms with E-state index in [9.17, 15) is 26.7 Å². The maximum absolute atomic E-state index is 12.9. The highest BCUT2D eigenvalue weighted by atomic mass is 79.9. The Bertz CT molecular complexity index is 1020. The number of carbonyl (C=O) groups excluding carboxylic acids is 1. The van der Waals surface area contributed by atoms with E-state index in [1.165, 1.54) is 25.2 Å². The van der Waals surface area contributed by atoms with E-state index in [2.05, 4.69) is 36.1 Å². The fourth-order valence-corrected chi connectivity index (χ4v) is 3.85. The summed E-state index contributed by atoms with van der Waals surface area (Å²) in [7, 11) is 1.20. The number of hydrogen-bond donors (Lipinski definition) is 1. The van der Waals surface area contributed by atoms with Gasteiger partial charge in [-0.15, -0.1) is 0 Å². The zero-order valence-electron chi connectivity index (χ0n) is 13.1. The van der Waals surface area contributed by atoms with Gasteiger partial charge in [0.15, 0.2) is 10.8 Å². The molecule has 0 aliphatic carbocycles. The predicted octanol–water partition coefficient (Wildman–Crippen LogP) is 4.66. The molecule has 0 atom stereocenters. The molecule has 0 fully saturated rings. The third kappa shape index (κ3) is 4.03. The van der Waals surface area contributed by atoms with E-state index < -0.39 is 28.9 Å². The molecule has 0 bridgehead atoms. The van der Waals surface area contributed by atoms with Crippen molar-refractivity contribution in [1.29, 1.82) is 0 Å². The zero-order chi connectivity index (χ0) is 19.9. The van der Waals surface area contributed by atoms with Crippen LogP contribution < -0.4 is 10.1 Å². The van der Waals surface area contributed by atoms with Gasteiger partial charge in [-0.1, -0.05) is 11.3 Å². The van der Waals surface area contributed by atoms with Gasteiger partial charge >= 0.3 is 12.8 Å². The Labute approximate surface area is 160 Å². The molecule has 13 heteroatoms. The lowest BCUT2D eigenvalue weighted by Crippen LogP contribution is -2.16. The van der Waals surface area contributed by atoms with Gasteiger partial charge in [0.05, 0.1) is 14.7 Å². The van der Waals surface area contributed by atoms with Gasteiger partial charge in [-0.05, 0) is 34.1 Å². The number of carbonyl (C=O) groups is 1. The standard InChI is InChI=1S/C14H8BrF5N4O2S/c1-24-9(8(15)10(23-24)14(18,19)20)11(25)22-13-21-6-3-2-5(26-12(16)17)4-7(6)27-13/h2-4,12H,1H3,(H,21,22,25). The number of rotatable bonds is 4. The highest BCUT2D eigenvalue weighted by Crippen LogP contribution is 2.36. The number of nitrogens with one attached hydrogen (secondary N) is 1. The summed E-state index contributed by atoms with van der Waals surface area (Å²) in [5.41, 5.74) is -1.17. The van der Waals surface area contributed by atoms with Crippen molar-refractivity contribution in [1.82, 2.24) is 14.8 Å². The topological polar surface area (TPSA) is 69.0 Å². The van der Waals surface area contributed by atoms with E-state index >= 15 is 0 Å². The van der Waals surface area contributed by atoms with E-state index in [0.717, 1.165) is 16.0 Å². The first-order valence-corrected chi connectivity index (χ1v) is 8.63. The minimum Gasteiger partial charge on any atom is -0.435 e. The number of halogens is 6. The van der Waals surface area contributed by atoms with Gasteiger partial charge in [-0.2, -0.15) is 27.1 Å². The Morgan fingerprint density at radius 3 is 2.67 bits per heavy atom. The predicted molar refractivity (Wildman–Crippen MR) is 90.1 cm³/mol. The lowest BCUT2D eigenvalue weighted by Gasteiger charge is -2.03. The Morgan fingerprint density at radius 1 is 1.37 bits per heavy atom. The molecule has 6 nitrogen and oxygen atoms in total. The summed E-state index contributed by atoms with van der Waals surface area (Å²) < 4.78 is 68.2. The Balaban J connectivity index is 1.87. The Hall–Kier alpha value is -2.28. The fraction of sp³-hybridized carbons (Fsp3) is 0.214. The lowest BCUT2D eigenvalue weighted by atomic mass is 10.3. The van der Waals surface area contributed by atoms with Crippen molar-refractivity contribution in [2.75, 3.05) is 5.32 Å². The third-order valence-corrected chi connectivity index (χ3v) is 4.96. The van der Waals surface area contributed by atoms with Gasteiger partial charge in [-0.3, -0.25) is 14.8 Å². The fourth-order valence-electron chi connectivity index (χ4n) is 2.22. The second-order valence-electron chi connectivity index (χ2n) is 5.11. The Morgan fingerprint density at radius 2 is 2.07 bits per heavy atom. The van der Waals surface area contributed by atoms with Crippen LogP contribution in [0.2, 0.25) is 0 Å². The summed E-state index contributed by atoms with van der Waals surface area (Å²) in [5.74, 6) is -0.946. The molecule has 0 aliphatic heterocycles. The Kier molecular flexibility index (Phi) is 5.08. The van der Waals surface area contributed by atoms with Crippen molar-refractivity contribution in [3.63, 3.8) is 0 Å². The van der Waals surface area contributed by atoms with E-state index in [0.29, 0.717) is 10.2 Å². The molecule has 3 rings (SSSR count). The van der Waals surface area contributed by atoms with E-state index in [4.69, 9.17) is 0 Å². The zero-order valence-corrected chi connectivity index (χ0v) is 15.5. The average molecular weight is 471 g/mol.